The van der Waals surface area contributed by atoms with Crippen molar-refractivity contribution in [1.82, 2.24) is 5.43 Å². The number of hydrogen-bond donors (Lipinski definition) is 2. The second-order valence-electron chi connectivity index (χ2n) is 4.06. The first-order chi connectivity index (χ1) is 8.54. The van der Waals surface area contributed by atoms with E-state index in [0.29, 0.717) is 24.2 Å². The highest BCUT2D eigenvalue weighted by Gasteiger charge is 2.18. The molecule has 0 aromatic heterocycles. The zero-order valence-electron chi connectivity index (χ0n) is 9.79. The standard InChI is InChI=1S/C12H12BrN3O2/c1-7-4-8(13)6-9(5-7)14-12(18)10-2-3-11(17)16-15-10/h4-6H,2-3H2,1H3,(H,14,18)(H,16,17). The lowest BCUT2D eigenvalue weighted by Gasteiger charge is -2.12. The van der Waals surface area contributed by atoms with Crippen LogP contribution in [0.3, 0.4) is 0 Å². The minimum absolute atomic E-state index is 0.162. The smallest absolute Gasteiger partial charge is 0.271 e. The Hall–Kier alpha value is -1.69. The maximum Gasteiger partial charge on any atom is 0.271 e. The molecule has 1 aliphatic rings. The fourth-order valence-electron chi connectivity index (χ4n) is 1.65. The molecule has 5 nitrogen and oxygen atoms in total. The van der Waals surface area contributed by atoms with Crippen molar-refractivity contribution in [1.29, 1.82) is 0 Å². The van der Waals surface area contributed by atoms with Gasteiger partial charge in [0, 0.05) is 23.0 Å². The zero-order chi connectivity index (χ0) is 13.1. The van der Waals surface area contributed by atoms with Gasteiger partial charge in [-0.25, -0.2) is 5.43 Å². The molecule has 18 heavy (non-hydrogen) atoms. The van der Waals surface area contributed by atoms with Crippen molar-refractivity contribution < 1.29 is 9.59 Å². The molecule has 0 spiro atoms. The van der Waals surface area contributed by atoms with E-state index in [1.165, 1.54) is 0 Å². The predicted molar refractivity (Wildman–Crippen MR) is 72.3 cm³/mol. The SMILES string of the molecule is Cc1cc(Br)cc(NC(=O)C2=NNC(=O)CC2)c1. The van der Waals surface area contributed by atoms with Crippen molar-refractivity contribution in [2.45, 2.75) is 19.8 Å². The highest BCUT2D eigenvalue weighted by molar-refractivity contribution is 9.10. The highest BCUT2D eigenvalue weighted by atomic mass is 79.9. The van der Waals surface area contributed by atoms with Crippen LogP contribution >= 0.6 is 15.9 Å². The Balaban J connectivity index is 2.09. The molecular formula is C12H12BrN3O2. The first kappa shape index (κ1) is 12.8. The van der Waals surface area contributed by atoms with Gasteiger partial charge in [-0.05, 0) is 30.7 Å². The maximum absolute atomic E-state index is 11.9. The van der Waals surface area contributed by atoms with Gasteiger partial charge in [0.25, 0.3) is 5.91 Å². The quantitative estimate of drug-likeness (QED) is 0.876. The molecule has 6 heteroatoms. The van der Waals surface area contributed by atoms with Crippen LogP contribution in [0.1, 0.15) is 18.4 Å². The number of nitrogens with zero attached hydrogens (tertiary/aromatic N) is 1. The first-order valence-electron chi connectivity index (χ1n) is 5.48. The molecular weight excluding hydrogens is 298 g/mol. The summed E-state index contributed by atoms with van der Waals surface area (Å²) in [6.45, 7) is 1.94. The van der Waals surface area contributed by atoms with Crippen LogP contribution in [0.4, 0.5) is 5.69 Å². The lowest BCUT2D eigenvalue weighted by Crippen LogP contribution is -2.32. The summed E-state index contributed by atoms with van der Waals surface area (Å²) in [6.07, 6.45) is 0.661. The van der Waals surface area contributed by atoms with Gasteiger partial charge in [-0.3, -0.25) is 9.59 Å². The molecule has 1 aliphatic heterocycles. The van der Waals surface area contributed by atoms with Gasteiger partial charge in [-0.2, -0.15) is 5.10 Å². The van der Waals surface area contributed by atoms with Crippen LogP contribution in [-0.4, -0.2) is 17.5 Å². The highest BCUT2D eigenvalue weighted by Crippen LogP contribution is 2.19. The largest absolute Gasteiger partial charge is 0.321 e. The minimum atomic E-state index is -0.285. The van der Waals surface area contributed by atoms with Crippen molar-refractivity contribution >= 4 is 39.1 Å². The van der Waals surface area contributed by atoms with Gasteiger partial charge < -0.3 is 5.32 Å². The third kappa shape index (κ3) is 3.16. The lowest BCUT2D eigenvalue weighted by molar-refractivity contribution is -0.121. The van der Waals surface area contributed by atoms with Crippen LogP contribution in [0.2, 0.25) is 0 Å². The van der Waals surface area contributed by atoms with Gasteiger partial charge in [-0.15, -0.1) is 0 Å². The monoisotopic (exact) mass is 309 g/mol. The Kier molecular flexibility index (Phi) is 3.76. The minimum Gasteiger partial charge on any atom is -0.321 e. The molecule has 94 valence electrons. The van der Waals surface area contributed by atoms with E-state index in [4.69, 9.17) is 0 Å². The lowest BCUT2D eigenvalue weighted by atomic mass is 10.1. The van der Waals surface area contributed by atoms with E-state index in [9.17, 15) is 9.59 Å². The second-order valence-corrected chi connectivity index (χ2v) is 4.98. The molecule has 0 saturated carbocycles. The maximum atomic E-state index is 11.9. The van der Waals surface area contributed by atoms with Crippen molar-refractivity contribution in [2.24, 2.45) is 5.10 Å². The van der Waals surface area contributed by atoms with E-state index >= 15 is 0 Å². The van der Waals surface area contributed by atoms with Crippen LogP contribution in [0.5, 0.6) is 0 Å². The van der Waals surface area contributed by atoms with E-state index in [1.807, 2.05) is 25.1 Å². The first-order valence-corrected chi connectivity index (χ1v) is 6.28. The number of benzene rings is 1. The normalized spacial score (nSPS) is 14.8. The molecule has 2 N–H and O–H groups in total. The fourth-order valence-corrected chi connectivity index (χ4v) is 2.26. The molecule has 0 radical (unpaired) electrons. The van der Waals surface area contributed by atoms with E-state index in [-0.39, 0.29) is 11.8 Å². The number of aryl methyl sites for hydroxylation is 1. The molecule has 0 unspecified atom stereocenters. The summed E-state index contributed by atoms with van der Waals surface area (Å²) in [5.41, 5.74) is 4.38. The number of amides is 2. The van der Waals surface area contributed by atoms with Gasteiger partial charge in [0.2, 0.25) is 5.91 Å². The number of carbonyl (C=O) groups is 2. The number of carbonyl (C=O) groups excluding carboxylic acids is 2. The summed E-state index contributed by atoms with van der Waals surface area (Å²) in [5.74, 6) is -0.447. The molecule has 0 atom stereocenters. The summed E-state index contributed by atoms with van der Waals surface area (Å²) in [6, 6.07) is 5.63. The molecule has 0 fully saturated rings. The van der Waals surface area contributed by atoms with Crippen molar-refractivity contribution in [3.8, 4) is 0 Å². The van der Waals surface area contributed by atoms with Crippen LogP contribution < -0.4 is 10.7 Å². The zero-order valence-corrected chi connectivity index (χ0v) is 11.4. The second kappa shape index (κ2) is 5.30. The van der Waals surface area contributed by atoms with Gasteiger partial charge in [0.15, 0.2) is 0 Å². The summed E-state index contributed by atoms with van der Waals surface area (Å²) in [7, 11) is 0. The number of nitrogens with one attached hydrogen (secondary N) is 2. The van der Waals surface area contributed by atoms with Gasteiger partial charge in [0.1, 0.15) is 5.71 Å². The van der Waals surface area contributed by atoms with Crippen LogP contribution in [0.15, 0.2) is 27.8 Å². The molecule has 1 aromatic rings. The van der Waals surface area contributed by atoms with Crippen LogP contribution in [0.25, 0.3) is 0 Å². The molecule has 0 saturated heterocycles. The third-order valence-electron chi connectivity index (χ3n) is 2.47. The Morgan fingerprint density at radius 2 is 2.17 bits per heavy atom. The number of halogens is 1. The molecule has 1 aromatic carbocycles. The van der Waals surface area contributed by atoms with Crippen molar-refractivity contribution in [3.05, 3.63) is 28.2 Å². The Morgan fingerprint density at radius 1 is 1.39 bits per heavy atom. The number of hydrogen-bond acceptors (Lipinski definition) is 3. The van der Waals surface area contributed by atoms with E-state index < -0.39 is 0 Å². The molecule has 0 bridgehead atoms. The van der Waals surface area contributed by atoms with Gasteiger partial charge in [-0.1, -0.05) is 15.9 Å². The van der Waals surface area contributed by atoms with Gasteiger partial charge >= 0.3 is 0 Å². The fraction of sp³-hybridized carbons (Fsp3) is 0.250. The van der Waals surface area contributed by atoms with Crippen molar-refractivity contribution in [3.63, 3.8) is 0 Å². The molecule has 2 rings (SSSR count). The predicted octanol–water partition coefficient (Wildman–Crippen LogP) is 1.96. The van der Waals surface area contributed by atoms with E-state index in [1.54, 1.807) is 0 Å². The Labute approximate surface area is 113 Å². The summed E-state index contributed by atoms with van der Waals surface area (Å²) in [5, 5.41) is 6.50. The topological polar surface area (TPSA) is 70.6 Å². The summed E-state index contributed by atoms with van der Waals surface area (Å²) >= 11 is 3.37. The third-order valence-corrected chi connectivity index (χ3v) is 2.92. The van der Waals surface area contributed by atoms with Crippen LogP contribution in [-0.2, 0) is 9.59 Å². The van der Waals surface area contributed by atoms with Gasteiger partial charge in [0.05, 0.1) is 0 Å². The Morgan fingerprint density at radius 3 is 2.78 bits per heavy atom. The van der Waals surface area contributed by atoms with Crippen molar-refractivity contribution in [2.75, 3.05) is 5.32 Å². The van der Waals surface area contributed by atoms with E-state index in [0.717, 1.165) is 10.0 Å². The average molecular weight is 310 g/mol. The van der Waals surface area contributed by atoms with Crippen LogP contribution in [0, 0.1) is 6.92 Å². The Bertz CT molecular complexity index is 520. The number of hydrazone groups is 1. The summed E-state index contributed by atoms with van der Waals surface area (Å²) < 4.78 is 0.900. The molecule has 0 aliphatic carbocycles. The number of anilines is 1. The molecule has 2 amide bonds. The summed E-state index contributed by atoms with van der Waals surface area (Å²) in [4.78, 5) is 22.8. The average Bonchev–Trinajstić information content (AvgIpc) is 2.28. The number of rotatable bonds is 2. The van der Waals surface area contributed by atoms with E-state index in [2.05, 4.69) is 31.8 Å². The molecule has 1 heterocycles.